The van der Waals surface area contributed by atoms with Gasteiger partial charge in [0.05, 0.1) is 12.2 Å². The summed E-state index contributed by atoms with van der Waals surface area (Å²) < 4.78 is 14.5. The standard InChI is InChI=1S/C11H9FN4/c1-8-11(6-13)14-15-16(8)7-9-3-2-4-10(12)5-9/h2-5H,7H2,1H3. The van der Waals surface area contributed by atoms with Gasteiger partial charge in [-0.3, -0.25) is 0 Å². The highest BCUT2D eigenvalue weighted by molar-refractivity contribution is 5.24. The molecule has 2 aromatic rings. The van der Waals surface area contributed by atoms with Crippen molar-refractivity contribution in [1.82, 2.24) is 15.0 Å². The Balaban J connectivity index is 2.28. The first-order valence-electron chi connectivity index (χ1n) is 4.75. The maximum absolute atomic E-state index is 12.9. The molecule has 16 heavy (non-hydrogen) atoms. The van der Waals surface area contributed by atoms with E-state index in [2.05, 4.69) is 10.3 Å². The van der Waals surface area contributed by atoms with E-state index < -0.39 is 0 Å². The van der Waals surface area contributed by atoms with Crippen LogP contribution in [0.3, 0.4) is 0 Å². The molecule has 0 spiro atoms. The molecule has 0 aliphatic carbocycles. The van der Waals surface area contributed by atoms with Crippen molar-refractivity contribution in [2.45, 2.75) is 13.5 Å². The number of rotatable bonds is 2. The van der Waals surface area contributed by atoms with Gasteiger partial charge < -0.3 is 0 Å². The van der Waals surface area contributed by atoms with Gasteiger partial charge >= 0.3 is 0 Å². The fourth-order valence-corrected chi connectivity index (χ4v) is 1.42. The average Bonchev–Trinajstić information content (AvgIpc) is 2.60. The highest BCUT2D eigenvalue weighted by Crippen LogP contribution is 2.08. The summed E-state index contributed by atoms with van der Waals surface area (Å²) in [5, 5.41) is 16.3. The summed E-state index contributed by atoms with van der Waals surface area (Å²) in [5.41, 5.74) is 1.78. The van der Waals surface area contributed by atoms with Gasteiger partial charge in [-0.25, -0.2) is 9.07 Å². The molecule has 1 aromatic carbocycles. The Morgan fingerprint density at radius 2 is 2.31 bits per heavy atom. The predicted octanol–water partition coefficient (Wildman–Crippen LogP) is 1.65. The second-order valence-corrected chi connectivity index (χ2v) is 3.42. The zero-order valence-electron chi connectivity index (χ0n) is 8.68. The second-order valence-electron chi connectivity index (χ2n) is 3.42. The van der Waals surface area contributed by atoms with E-state index in [0.717, 1.165) is 5.56 Å². The third kappa shape index (κ3) is 1.91. The highest BCUT2D eigenvalue weighted by atomic mass is 19.1. The normalized spacial score (nSPS) is 10.1. The van der Waals surface area contributed by atoms with Gasteiger partial charge in [-0.1, -0.05) is 17.3 Å². The van der Waals surface area contributed by atoms with E-state index in [9.17, 15) is 4.39 Å². The molecular weight excluding hydrogens is 207 g/mol. The molecule has 0 amide bonds. The van der Waals surface area contributed by atoms with E-state index in [1.807, 2.05) is 6.07 Å². The van der Waals surface area contributed by atoms with Crippen LogP contribution in [0.2, 0.25) is 0 Å². The van der Waals surface area contributed by atoms with E-state index in [1.54, 1.807) is 23.7 Å². The molecule has 4 nitrogen and oxygen atoms in total. The second kappa shape index (κ2) is 4.11. The fraction of sp³-hybridized carbons (Fsp3) is 0.182. The summed E-state index contributed by atoms with van der Waals surface area (Å²) in [6.45, 7) is 2.18. The number of hydrogen-bond acceptors (Lipinski definition) is 3. The van der Waals surface area contributed by atoms with Crippen LogP contribution in [0.15, 0.2) is 24.3 Å². The highest BCUT2D eigenvalue weighted by Gasteiger charge is 2.07. The van der Waals surface area contributed by atoms with Crippen LogP contribution < -0.4 is 0 Å². The van der Waals surface area contributed by atoms with Crippen LogP contribution in [-0.2, 0) is 6.54 Å². The lowest BCUT2D eigenvalue weighted by molar-refractivity contribution is 0.609. The summed E-state index contributed by atoms with van der Waals surface area (Å²) in [7, 11) is 0. The lowest BCUT2D eigenvalue weighted by Crippen LogP contribution is -2.04. The molecule has 80 valence electrons. The molecule has 0 unspecified atom stereocenters. The third-order valence-corrected chi connectivity index (χ3v) is 2.31. The largest absolute Gasteiger partial charge is 0.244 e. The molecule has 0 saturated carbocycles. The van der Waals surface area contributed by atoms with Gasteiger partial charge in [-0.05, 0) is 24.6 Å². The van der Waals surface area contributed by atoms with Crippen LogP contribution in [0.5, 0.6) is 0 Å². The summed E-state index contributed by atoms with van der Waals surface area (Å²) in [4.78, 5) is 0. The van der Waals surface area contributed by atoms with Crippen LogP contribution >= 0.6 is 0 Å². The average molecular weight is 216 g/mol. The Bertz CT molecular complexity index is 553. The van der Waals surface area contributed by atoms with Gasteiger partial charge in [0.2, 0.25) is 0 Å². The lowest BCUT2D eigenvalue weighted by atomic mass is 10.2. The predicted molar refractivity (Wildman–Crippen MR) is 55.0 cm³/mol. The molecular formula is C11H9FN4. The van der Waals surface area contributed by atoms with Gasteiger partial charge in [-0.15, -0.1) is 5.10 Å². The van der Waals surface area contributed by atoms with Crippen molar-refractivity contribution in [2.75, 3.05) is 0 Å². The molecule has 0 bridgehead atoms. The van der Waals surface area contributed by atoms with Crippen LogP contribution in [0.1, 0.15) is 17.0 Å². The Morgan fingerprint density at radius 1 is 1.50 bits per heavy atom. The molecule has 0 radical (unpaired) electrons. The van der Waals surface area contributed by atoms with Crippen LogP contribution in [0.4, 0.5) is 4.39 Å². The summed E-state index contributed by atoms with van der Waals surface area (Å²) >= 11 is 0. The van der Waals surface area contributed by atoms with Crippen LogP contribution in [0.25, 0.3) is 0 Å². The fourth-order valence-electron chi connectivity index (χ4n) is 1.42. The molecule has 0 fully saturated rings. The van der Waals surface area contributed by atoms with E-state index >= 15 is 0 Å². The molecule has 0 aliphatic rings. The minimum absolute atomic E-state index is 0.282. The molecule has 5 heteroatoms. The zero-order chi connectivity index (χ0) is 11.5. The van der Waals surface area contributed by atoms with Crippen molar-refractivity contribution in [2.24, 2.45) is 0 Å². The molecule has 1 heterocycles. The van der Waals surface area contributed by atoms with Gasteiger partial charge in [0.1, 0.15) is 11.9 Å². The number of halogens is 1. The van der Waals surface area contributed by atoms with Crippen molar-refractivity contribution in [3.05, 3.63) is 47.0 Å². The quantitative estimate of drug-likeness (QED) is 0.766. The van der Waals surface area contributed by atoms with Crippen molar-refractivity contribution in [1.29, 1.82) is 5.26 Å². The van der Waals surface area contributed by atoms with Crippen molar-refractivity contribution >= 4 is 0 Å². The molecule has 0 saturated heterocycles. The Hall–Kier alpha value is -2.22. The maximum Gasteiger partial charge on any atom is 0.185 e. The molecule has 0 atom stereocenters. The number of hydrogen-bond donors (Lipinski definition) is 0. The van der Waals surface area contributed by atoms with Gasteiger partial charge in [0.25, 0.3) is 0 Å². The summed E-state index contributed by atoms with van der Waals surface area (Å²) in [6.07, 6.45) is 0. The number of nitriles is 1. The first kappa shape index (κ1) is 10.3. The van der Waals surface area contributed by atoms with Gasteiger partial charge in [-0.2, -0.15) is 5.26 Å². The SMILES string of the molecule is Cc1c(C#N)nnn1Cc1cccc(F)c1. The van der Waals surface area contributed by atoms with Crippen LogP contribution in [0, 0.1) is 24.1 Å². The molecule has 0 N–H and O–H groups in total. The summed E-state index contributed by atoms with van der Waals surface area (Å²) in [6, 6.07) is 8.21. The first-order valence-corrected chi connectivity index (χ1v) is 4.75. The van der Waals surface area contributed by atoms with Crippen molar-refractivity contribution in [3.63, 3.8) is 0 Å². The number of nitrogens with zero attached hydrogens (tertiary/aromatic N) is 4. The number of aromatic nitrogens is 3. The molecule has 0 aliphatic heterocycles. The Kier molecular flexibility index (Phi) is 2.64. The van der Waals surface area contributed by atoms with Crippen molar-refractivity contribution < 1.29 is 4.39 Å². The van der Waals surface area contributed by atoms with E-state index in [1.165, 1.54) is 12.1 Å². The maximum atomic E-state index is 12.9. The minimum atomic E-state index is -0.282. The van der Waals surface area contributed by atoms with Crippen LogP contribution in [-0.4, -0.2) is 15.0 Å². The van der Waals surface area contributed by atoms with E-state index in [4.69, 9.17) is 5.26 Å². The van der Waals surface area contributed by atoms with Gasteiger partial charge in [0.15, 0.2) is 5.69 Å². The van der Waals surface area contributed by atoms with Gasteiger partial charge in [0, 0.05) is 0 Å². The monoisotopic (exact) mass is 216 g/mol. The van der Waals surface area contributed by atoms with E-state index in [0.29, 0.717) is 17.9 Å². The van der Waals surface area contributed by atoms with Crippen molar-refractivity contribution in [3.8, 4) is 6.07 Å². The molecule has 2 rings (SSSR count). The lowest BCUT2D eigenvalue weighted by Gasteiger charge is -2.02. The Labute approximate surface area is 91.9 Å². The zero-order valence-corrected chi connectivity index (χ0v) is 8.68. The smallest absolute Gasteiger partial charge is 0.185 e. The summed E-state index contributed by atoms with van der Waals surface area (Å²) in [5.74, 6) is -0.282. The Morgan fingerprint density at radius 3 is 2.94 bits per heavy atom. The first-order chi connectivity index (χ1) is 7.70. The minimum Gasteiger partial charge on any atom is -0.244 e. The van der Waals surface area contributed by atoms with E-state index in [-0.39, 0.29) is 5.82 Å². The third-order valence-electron chi connectivity index (χ3n) is 2.31. The number of benzene rings is 1. The topological polar surface area (TPSA) is 54.5 Å². The molecule has 1 aromatic heterocycles.